The molecule has 18 heavy (non-hydrogen) atoms. The van der Waals surface area contributed by atoms with Gasteiger partial charge >= 0.3 is 12.1 Å². The highest BCUT2D eigenvalue weighted by Gasteiger charge is 2.61. The monoisotopic (exact) mass is 254 g/mol. The van der Waals surface area contributed by atoms with Crippen molar-refractivity contribution in [3.63, 3.8) is 0 Å². The third kappa shape index (κ3) is 1.85. The summed E-state index contributed by atoms with van der Waals surface area (Å²) < 4.78 is 10.7. The van der Waals surface area contributed by atoms with Crippen molar-refractivity contribution in [2.24, 2.45) is 11.8 Å². The summed E-state index contributed by atoms with van der Waals surface area (Å²) >= 11 is 0. The first-order valence-electron chi connectivity index (χ1n) is 6.52. The molecule has 0 saturated heterocycles. The van der Waals surface area contributed by atoms with Crippen LogP contribution >= 0.6 is 0 Å². The molecular formula is C13H18O5. The van der Waals surface area contributed by atoms with Gasteiger partial charge < -0.3 is 14.6 Å². The van der Waals surface area contributed by atoms with Gasteiger partial charge in [0.15, 0.2) is 0 Å². The third-order valence-electron chi connectivity index (χ3n) is 4.62. The van der Waals surface area contributed by atoms with Crippen LogP contribution in [0.1, 0.15) is 45.4 Å². The fourth-order valence-corrected chi connectivity index (χ4v) is 4.82. The minimum absolute atomic E-state index is 0.276. The lowest BCUT2D eigenvalue weighted by Crippen LogP contribution is -2.61. The van der Waals surface area contributed by atoms with Crippen molar-refractivity contribution in [2.45, 2.75) is 56.7 Å². The molecule has 2 unspecified atom stereocenters. The number of carbonyl (C=O) groups is 2. The molecule has 0 aromatic heterocycles. The Kier molecular flexibility index (Phi) is 2.37. The Morgan fingerprint density at radius 2 is 1.56 bits per heavy atom. The number of hydrogen-bond donors (Lipinski definition) is 1. The topological polar surface area (TPSA) is 72.8 Å². The van der Waals surface area contributed by atoms with E-state index >= 15 is 0 Å². The highest BCUT2D eigenvalue weighted by molar-refractivity contribution is 5.66. The van der Waals surface area contributed by atoms with E-state index in [1.54, 1.807) is 0 Å². The molecule has 0 aliphatic heterocycles. The van der Waals surface area contributed by atoms with E-state index in [0.717, 1.165) is 32.1 Å². The fraction of sp³-hybridized carbons (Fsp3) is 0.846. The van der Waals surface area contributed by atoms with E-state index in [1.165, 1.54) is 6.92 Å². The third-order valence-corrected chi connectivity index (χ3v) is 4.62. The lowest BCUT2D eigenvalue weighted by atomic mass is 9.52. The summed E-state index contributed by atoms with van der Waals surface area (Å²) in [5.74, 6) is 0.595. The van der Waals surface area contributed by atoms with Crippen molar-refractivity contribution in [1.29, 1.82) is 0 Å². The standard InChI is InChI=1S/C13H18O5/c1-8(14)17-12-3-9-2-10(4-12)6-13(5-9,7-12)18-11(15)16/h9-10H,2-7H2,1H3,(H,15,16). The predicted molar refractivity (Wildman–Crippen MR) is 61.0 cm³/mol. The molecule has 4 aliphatic carbocycles. The zero-order chi connectivity index (χ0) is 13.0. The second kappa shape index (κ2) is 3.62. The molecular weight excluding hydrogens is 236 g/mol. The zero-order valence-corrected chi connectivity index (χ0v) is 10.5. The van der Waals surface area contributed by atoms with Crippen LogP contribution in [0.5, 0.6) is 0 Å². The van der Waals surface area contributed by atoms with E-state index in [9.17, 15) is 9.59 Å². The van der Waals surface area contributed by atoms with Crippen molar-refractivity contribution in [2.75, 3.05) is 0 Å². The Labute approximate surface area is 105 Å². The number of carbonyl (C=O) groups excluding carboxylic acids is 1. The van der Waals surface area contributed by atoms with Gasteiger partial charge in [-0.25, -0.2) is 4.79 Å². The smallest absolute Gasteiger partial charge is 0.459 e. The van der Waals surface area contributed by atoms with Crippen LogP contribution in [0.2, 0.25) is 0 Å². The van der Waals surface area contributed by atoms with Crippen LogP contribution in [0.4, 0.5) is 4.79 Å². The average molecular weight is 254 g/mol. The van der Waals surface area contributed by atoms with Crippen molar-refractivity contribution >= 4 is 12.1 Å². The van der Waals surface area contributed by atoms with Gasteiger partial charge in [0.1, 0.15) is 11.2 Å². The molecule has 4 bridgehead atoms. The van der Waals surface area contributed by atoms with E-state index in [1.807, 2.05) is 0 Å². The van der Waals surface area contributed by atoms with Crippen molar-refractivity contribution in [3.8, 4) is 0 Å². The molecule has 0 heterocycles. The molecule has 5 nitrogen and oxygen atoms in total. The zero-order valence-electron chi connectivity index (χ0n) is 10.5. The molecule has 4 rings (SSSR count). The quantitative estimate of drug-likeness (QED) is 0.766. The van der Waals surface area contributed by atoms with E-state index in [4.69, 9.17) is 14.6 Å². The first-order chi connectivity index (χ1) is 8.40. The number of rotatable bonds is 2. The normalized spacial score (nSPS) is 44.7. The maximum absolute atomic E-state index is 11.3. The number of ether oxygens (including phenoxy) is 2. The molecule has 0 spiro atoms. The maximum Gasteiger partial charge on any atom is 0.506 e. The van der Waals surface area contributed by atoms with Crippen LogP contribution in [0, 0.1) is 11.8 Å². The summed E-state index contributed by atoms with van der Waals surface area (Å²) in [5.41, 5.74) is -1.07. The summed E-state index contributed by atoms with van der Waals surface area (Å²) in [7, 11) is 0. The van der Waals surface area contributed by atoms with Crippen molar-refractivity contribution in [1.82, 2.24) is 0 Å². The van der Waals surface area contributed by atoms with Crippen LogP contribution in [0.15, 0.2) is 0 Å². The van der Waals surface area contributed by atoms with Crippen LogP contribution in [0.3, 0.4) is 0 Å². The summed E-state index contributed by atoms with van der Waals surface area (Å²) in [6.07, 6.45) is 3.77. The summed E-state index contributed by atoms with van der Waals surface area (Å²) in [4.78, 5) is 22.2. The SMILES string of the molecule is CC(=O)OC12CC3CC(C1)CC(OC(=O)O)(C3)C2. The highest BCUT2D eigenvalue weighted by atomic mass is 16.7. The van der Waals surface area contributed by atoms with Crippen molar-refractivity contribution in [3.05, 3.63) is 0 Å². The van der Waals surface area contributed by atoms with Crippen LogP contribution < -0.4 is 0 Å². The lowest BCUT2D eigenvalue weighted by molar-refractivity contribution is -0.220. The first-order valence-corrected chi connectivity index (χ1v) is 6.52. The Morgan fingerprint density at radius 3 is 2.00 bits per heavy atom. The van der Waals surface area contributed by atoms with Crippen LogP contribution in [-0.2, 0) is 14.3 Å². The van der Waals surface area contributed by atoms with Gasteiger partial charge in [-0.05, 0) is 43.9 Å². The molecule has 2 atom stereocenters. The number of hydrogen-bond acceptors (Lipinski definition) is 4. The van der Waals surface area contributed by atoms with Gasteiger partial charge in [-0.1, -0.05) is 0 Å². The van der Waals surface area contributed by atoms with E-state index in [2.05, 4.69) is 0 Å². The predicted octanol–water partition coefficient (Wildman–Crippen LogP) is 2.34. The van der Waals surface area contributed by atoms with Crippen LogP contribution in [-0.4, -0.2) is 28.4 Å². The molecule has 5 heteroatoms. The van der Waals surface area contributed by atoms with Crippen molar-refractivity contribution < 1.29 is 24.2 Å². The molecule has 4 aliphatic rings. The van der Waals surface area contributed by atoms with E-state index < -0.39 is 17.4 Å². The number of carboxylic acid groups (broad SMARTS) is 1. The van der Waals surface area contributed by atoms with Gasteiger partial charge in [-0.3, -0.25) is 4.79 Å². The van der Waals surface area contributed by atoms with Gasteiger partial charge in [0.05, 0.1) is 0 Å². The molecule has 0 aromatic rings. The van der Waals surface area contributed by atoms with E-state index in [0.29, 0.717) is 18.3 Å². The van der Waals surface area contributed by atoms with Crippen LogP contribution in [0.25, 0.3) is 0 Å². The van der Waals surface area contributed by atoms with Gasteiger partial charge in [0, 0.05) is 13.3 Å². The lowest BCUT2D eigenvalue weighted by Gasteiger charge is -2.59. The fourth-order valence-electron chi connectivity index (χ4n) is 4.82. The molecule has 4 fully saturated rings. The summed E-state index contributed by atoms with van der Waals surface area (Å²) in [5, 5.41) is 8.91. The second-order valence-electron chi connectivity index (χ2n) is 6.29. The van der Waals surface area contributed by atoms with Gasteiger partial charge in [0.2, 0.25) is 0 Å². The Balaban J connectivity index is 1.87. The van der Waals surface area contributed by atoms with Gasteiger partial charge in [0.25, 0.3) is 0 Å². The average Bonchev–Trinajstić information content (AvgIpc) is 2.08. The Bertz CT molecular complexity index is 354. The Morgan fingerprint density at radius 1 is 1.06 bits per heavy atom. The highest BCUT2D eigenvalue weighted by Crippen LogP contribution is 2.60. The number of esters is 1. The molecule has 100 valence electrons. The van der Waals surface area contributed by atoms with Gasteiger partial charge in [-0.2, -0.15) is 0 Å². The molecule has 4 saturated carbocycles. The minimum atomic E-state index is -1.21. The maximum atomic E-state index is 11.3. The second-order valence-corrected chi connectivity index (χ2v) is 6.29. The van der Waals surface area contributed by atoms with Gasteiger partial charge in [-0.15, -0.1) is 0 Å². The Hall–Kier alpha value is -1.26. The summed E-state index contributed by atoms with van der Waals surface area (Å²) in [6, 6.07) is 0. The summed E-state index contributed by atoms with van der Waals surface area (Å²) in [6.45, 7) is 1.42. The first kappa shape index (κ1) is 11.8. The molecule has 1 N–H and O–H groups in total. The largest absolute Gasteiger partial charge is 0.506 e. The molecule has 0 aromatic carbocycles. The minimum Gasteiger partial charge on any atom is -0.459 e. The molecule has 0 radical (unpaired) electrons. The molecule has 0 amide bonds. The van der Waals surface area contributed by atoms with E-state index in [-0.39, 0.29) is 5.97 Å².